The minimum Gasteiger partial charge on any atom is -0.271 e. The lowest BCUT2D eigenvalue weighted by Crippen LogP contribution is -2.35. The number of halogens is 2. The Bertz CT molecular complexity index is 489. The van der Waals surface area contributed by atoms with Gasteiger partial charge in [0.1, 0.15) is 5.82 Å². The van der Waals surface area contributed by atoms with Crippen LogP contribution in [0, 0.1) is 5.82 Å². The first-order valence-electron chi connectivity index (χ1n) is 5.13. The number of rotatable bonds is 5. The van der Waals surface area contributed by atoms with Crippen molar-refractivity contribution in [2.24, 2.45) is 0 Å². The molecule has 96 valence electrons. The van der Waals surface area contributed by atoms with Crippen LogP contribution in [0.2, 0.25) is 0 Å². The van der Waals surface area contributed by atoms with Gasteiger partial charge in [-0.3, -0.25) is 4.72 Å². The van der Waals surface area contributed by atoms with E-state index in [0.29, 0.717) is 18.8 Å². The van der Waals surface area contributed by atoms with Gasteiger partial charge < -0.3 is 0 Å². The summed E-state index contributed by atoms with van der Waals surface area (Å²) in [4.78, 5) is 0. The fourth-order valence-electron chi connectivity index (χ4n) is 1.34. The van der Waals surface area contributed by atoms with Gasteiger partial charge in [-0.2, -0.15) is 12.7 Å². The molecule has 0 saturated carbocycles. The van der Waals surface area contributed by atoms with Crippen molar-refractivity contribution in [3.8, 4) is 0 Å². The normalized spacial score (nSPS) is 11.8. The largest absolute Gasteiger partial charge is 0.301 e. The molecule has 0 aliphatic heterocycles. The monoisotopic (exact) mass is 324 g/mol. The maximum absolute atomic E-state index is 13.0. The Hall–Kier alpha value is -0.660. The Balaban J connectivity index is 2.94. The molecule has 7 heteroatoms. The molecule has 0 atom stereocenters. The van der Waals surface area contributed by atoms with Crippen molar-refractivity contribution < 1.29 is 12.8 Å². The topological polar surface area (TPSA) is 49.4 Å². The molecular weight excluding hydrogens is 311 g/mol. The molecule has 1 aromatic carbocycles. The second-order valence-corrected chi connectivity index (χ2v) is 5.85. The summed E-state index contributed by atoms with van der Waals surface area (Å²) in [6.45, 7) is 4.27. The first-order chi connectivity index (χ1) is 7.90. The van der Waals surface area contributed by atoms with Crippen LogP contribution in [-0.4, -0.2) is 25.8 Å². The van der Waals surface area contributed by atoms with E-state index in [4.69, 9.17) is 0 Å². The fraction of sp³-hybridized carbons (Fsp3) is 0.400. The lowest BCUT2D eigenvalue weighted by Gasteiger charge is -2.19. The quantitative estimate of drug-likeness (QED) is 0.905. The van der Waals surface area contributed by atoms with Crippen molar-refractivity contribution in [2.75, 3.05) is 17.8 Å². The first kappa shape index (κ1) is 14.4. The van der Waals surface area contributed by atoms with Crippen LogP contribution in [0.25, 0.3) is 0 Å². The van der Waals surface area contributed by atoms with Crippen LogP contribution in [-0.2, 0) is 10.2 Å². The van der Waals surface area contributed by atoms with Gasteiger partial charge in [0.25, 0.3) is 0 Å². The highest BCUT2D eigenvalue weighted by Crippen LogP contribution is 2.21. The van der Waals surface area contributed by atoms with Crippen molar-refractivity contribution in [2.45, 2.75) is 13.8 Å². The van der Waals surface area contributed by atoms with E-state index in [1.54, 1.807) is 13.8 Å². The van der Waals surface area contributed by atoms with Crippen molar-refractivity contribution >= 4 is 31.8 Å². The molecule has 0 spiro atoms. The summed E-state index contributed by atoms with van der Waals surface area (Å²) in [5.74, 6) is -0.434. The molecule has 0 fully saturated rings. The van der Waals surface area contributed by atoms with Gasteiger partial charge in [-0.15, -0.1) is 0 Å². The average molecular weight is 325 g/mol. The van der Waals surface area contributed by atoms with Gasteiger partial charge in [-0.1, -0.05) is 13.8 Å². The molecule has 1 rings (SSSR count). The molecular formula is C10H14BrFN2O2S. The van der Waals surface area contributed by atoms with E-state index in [-0.39, 0.29) is 4.47 Å². The Morgan fingerprint density at radius 1 is 1.35 bits per heavy atom. The predicted molar refractivity (Wildman–Crippen MR) is 69.6 cm³/mol. The third-order valence-corrected chi connectivity index (χ3v) is 4.51. The predicted octanol–water partition coefficient (Wildman–Crippen LogP) is 2.59. The summed E-state index contributed by atoms with van der Waals surface area (Å²) in [6, 6.07) is 3.96. The van der Waals surface area contributed by atoms with E-state index in [1.807, 2.05) is 0 Å². The third kappa shape index (κ3) is 3.65. The van der Waals surface area contributed by atoms with Crippen LogP contribution in [0.5, 0.6) is 0 Å². The van der Waals surface area contributed by atoms with E-state index in [9.17, 15) is 12.8 Å². The van der Waals surface area contributed by atoms with Gasteiger partial charge in [0.15, 0.2) is 0 Å². The minimum atomic E-state index is -3.57. The first-order valence-corrected chi connectivity index (χ1v) is 7.37. The number of hydrogen-bond donors (Lipinski definition) is 1. The third-order valence-electron chi connectivity index (χ3n) is 2.21. The second-order valence-electron chi connectivity index (χ2n) is 3.32. The van der Waals surface area contributed by atoms with Crippen LogP contribution in [0.3, 0.4) is 0 Å². The summed E-state index contributed by atoms with van der Waals surface area (Å²) in [6.07, 6.45) is 0. The Labute approximate surface area is 109 Å². The molecule has 0 radical (unpaired) electrons. The summed E-state index contributed by atoms with van der Waals surface area (Å²) < 4.78 is 40.6. The van der Waals surface area contributed by atoms with Crippen molar-refractivity contribution in [3.63, 3.8) is 0 Å². The summed E-state index contributed by atoms with van der Waals surface area (Å²) in [5.41, 5.74) is 0.324. The lowest BCUT2D eigenvalue weighted by molar-refractivity contribution is 0.449. The molecule has 0 unspecified atom stereocenters. The van der Waals surface area contributed by atoms with Gasteiger partial charge in [-0.05, 0) is 34.1 Å². The standard InChI is InChI=1S/C10H14BrFN2O2S/c1-3-14(4-2)17(15,16)13-8-5-6-10(12)9(11)7-8/h5-7,13H,3-4H2,1-2H3. The Morgan fingerprint density at radius 2 is 1.94 bits per heavy atom. The molecule has 0 saturated heterocycles. The van der Waals surface area contributed by atoms with Gasteiger partial charge in [0.05, 0.1) is 10.2 Å². The highest BCUT2D eigenvalue weighted by Gasteiger charge is 2.18. The number of nitrogens with one attached hydrogen (secondary N) is 1. The zero-order valence-electron chi connectivity index (χ0n) is 9.57. The molecule has 1 aromatic rings. The van der Waals surface area contributed by atoms with Gasteiger partial charge in [0, 0.05) is 13.1 Å². The second kappa shape index (κ2) is 5.79. The zero-order chi connectivity index (χ0) is 13.1. The van der Waals surface area contributed by atoms with Crippen LogP contribution >= 0.6 is 15.9 Å². The van der Waals surface area contributed by atoms with Gasteiger partial charge in [-0.25, -0.2) is 4.39 Å². The van der Waals surface area contributed by atoms with E-state index in [0.717, 1.165) is 0 Å². The Kier molecular flexibility index (Phi) is 4.91. The van der Waals surface area contributed by atoms with Crippen molar-refractivity contribution in [1.29, 1.82) is 0 Å². The average Bonchev–Trinajstić information content (AvgIpc) is 2.24. The number of anilines is 1. The summed E-state index contributed by atoms with van der Waals surface area (Å²) in [7, 11) is -3.57. The molecule has 0 aromatic heterocycles. The molecule has 1 N–H and O–H groups in total. The molecule has 0 bridgehead atoms. The van der Waals surface area contributed by atoms with E-state index >= 15 is 0 Å². The van der Waals surface area contributed by atoms with Crippen molar-refractivity contribution in [1.82, 2.24) is 4.31 Å². The summed E-state index contributed by atoms with van der Waals surface area (Å²) >= 11 is 3.00. The molecule has 0 heterocycles. The van der Waals surface area contributed by atoms with Crippen LogP contribution in [0.15, 0.2) is 22.7 Å². The molecule has 17 heavy (non-hydrogen) atoms. The van der Waals surface area contributed by atoms with Crippen LogP contribution in [0.4, 0.5) is 10.1 Å². The smallest absolute Gasteiger partial charge is 0.271 e. The Morgan fingerprint density at radius 3 is 2.41 bits per heavy atom. The molecule has 4 nitrogen and oxygen atoms in total. The molecule has 0 amide bonds. The maximum Gasteiger partial charge on any atom is 0.301 e. The molecule has 0 aliphatic rings. The van der Waals surface area contributed by atoms with Crippen molar-refractivity contribution in [3.05, 3.63) is 28.5 Å². The van der Waals surface area contributed by atoms with Crippen LogP contribution < -0.4 is 4.72 Å². The van der Waals surface area contributed by atoms with E-state index in [1.165, 1.54) is 22.5 Å². The molecule has 0 aliphatic carbocycles. The van der Waals surface area contributed by atoms with E-state index in [2.05, 4.69) is 20.7 Å². The highest BCUT2D eigenvalue weighted by molar-refractivity contribution is 9.10. The SMILES string of the molecule is CCN(CC)S(=O)(=O)Nc1ccc(F)c(Br)c1. The van der Waals surface area contributed by atoms with Gasteiger partial charge >= 0.3 is 10.2 Å². The fourth-order valence-corrected chi connectivity index (χ4v) is 2.95. The highest BCUT2D eigenvalue weighted by atomic mass is 79.9. The van der Waals surface area contributed by atoms with Crippen LogP contribution in [0.1, 0.15) is 13.8 Å². The minimum absolute atomic E-state index is 0.220. The van der Waals surface area contributed by atoms with Gasteiger partial charge in [0.2, 0.25) is 0 Å². The zero-order valence-corrected chi connectivity index (χ0v) is 12.0. The maximum atomic E-state index is 13.0. The summed E-state index contributed by atoms with van der Waals surface area (Å²) in [5, 5.41) is 0. The number of hydrogen-bond acceptors (Lipinski definition) is 2. The number of benzene rings is 1. The lowest BCUT2D eigenvalue weighted by atomic mass is 10.3. The van der Waals surface area contributed by atoms with E-state index < -0.39 is 16.0 Å². The number of nitrogens with zero attached hydrogens (tertiary/aromatic N) is 1.